The van der Waals surface area contributed by atoms with Crippen molar-refractivity contribution >= 4 is 54.4 Å². The average Bonchev–Trinajstić information content (AvgIpc) is 3.42. The van der Waals surface area contributed by atoms with Gasteiger partial charge in [0.25, 0.3) is 0 Å². The number of carbonyl (C=O) groups excluding carboxylic acids is 2. The Morgan fingerprint density at radius 1 is 1.04 bits per heavy atom. The topological polar surface area (TPSA) is 106 Å². The molecular formula is C33H35F3IN5O5. The van der Waals surface area contributed by atoms with Gasteiger partial charge in [0.05, 0.1) is 0 Å². The second-order valence-corrected chi connectivity index (χ2v) is 16.5. The van der Waals surface area contributed by atoms with E-state index in [1.165, 1.54) is 19.2 Å². The third-order valence-electron chi connectivity index (χ3n) is 7.77. The van der Waals surface area contributed by atoms with Crippen LogP contribution in [-0.4, -0.2) is 61.3 Å². The van der Waals surface area contributed by atoms with Gasteiger partial charge < -0.3 is 5.32 Å². The van der Waals surface area contributed by atoms with Crippen LogP contribution < -0.4 is 20.7 Å². The number of rotatable bonds is 8. The minimum atomic E-state index is -2.50. The molecule has 1 aromatic heterocycles. The number of halogens is 4. The fourth-order valence-corrected chi connectivity index (χ4v) is 11.2. The van der Waals surface area contributed by atoms with Crippen molar-refractivity contribution in [3.8, 4) is 17.0 Å². The van der Waals surface area contributed by atoms with E-state index >= 15 is 4.39 Å². The molecule has 47 heavy (non-hydrogen) atoms. The number of aromatic nitrogens is 1. The van der Waals surface area contributed by atoms with Crippen LogP contribution in [0, 0.1) is 11.6 Å². The SMILES string of the molecule is CNc1ccc2c(c1)OC(c1cc(F)cc(F)c1)n1c-2cc2cc(NC(=O)C3CC(F)CI(CNC(=O)OC)N3OC(C)C)ccc21. The zero-order valence-corrected chi connectivity index (χ0v) is 28.3. The molecular weight excluding hydrogens is 730 g/mol. The van der Waals surface area contributed by atoms with E-state index in [0.29, 0.717) is 22.5 Å². The van der Waals surface area contributed by atoms with Crippen LogP contribution in [0.15, 0.2) is 60.7 Å². The molecule has 0 saturated carbocycles. The molecule has 3 atom stereocenters. The van der Waals surface area contributed by atoms with Crippen molar-refractivity contribution in [2.24, 2.45) is 0 Å². The molecule has 2 amide bonds. The first-order valence-electron chi connectivity index (χ1n) is 15.0. The second-order valence-electron chi connectivity index (χ2n) is 11.5. The monoisotopic (exact) mass is 765 g/mol. The van der Waals surface area contributed by atoms with E-state index < -0.39 is 62.2 Å². The summed E-state index contributed by atoms with van der Waals surface area (Å²) in [5, 5.41) is 9.40. The number of benzene rings is 3. The van der Waals surface area contributed by atoms with Crippen LogP contribution in [0.1, 0.15) is 32.1 Å². The molecule has 0 radical (unpaired) electrons. The zero-order chi connectivity index (χ0) is 33.4. The Labute approximate surface area is 277 Å². The molecule has 14 heteroatoms. The fourth-order valence-electron chi connectivity index (χ4n) is 5.76. The number of nitrogens with one attached hydrogen (secondary N) is 3. The number of alkyl halides is 3. The number of amides is 2. The van der Waals surface area contributed by atoms with E-state index in [-0.39, 0.29) is 21.5 Å². The van der Waals surface area contributed by atoms with Crippen LogP contribution in [0.4, 0.5) is 29.3 Å². The molecule has 0 spiro atoms. The number of ether oxygens (including phenoxy) is 2. The van der Waals surface area contributed by atoms with E-state index in [9.17, 15) is 18.4 Å². The first-order chi connectivity index (χ1) is 22.5. The molecule has 1 saturated heterocycles. The summed E-state index contributed by atoms with van der Waals surface area (Å²) < 4.78 is 58.7. The van der Waals surface area contributed by atoms with Crippen molar-refractivity contribution in [1.82, 2.24) is 13.2 Å². The zero-order valence-electron chi connectivity index (χ0n) is 26.2. The molecule has 3 unspecified atom stereocenters. The molecule has 3 aromatic carbocycles. The van der Waals surface area contributed by atoms with Gasteiger partial charge in [0, 0.05) is 18.8 Å². The van der Waals surface area contributed by atoms with Gasteiger partial charge in [0.15, 0.2) is 0 Å². The normalized spacial score (nSPS) is 19.9. The van der Waals surface area contributed by atoms with Crippen molar-refractivity contribution in [3.05, 3.63) is 77.9 Å². The number of alkyl carbamates (subject to hydrolysis) is 1. The number of methoxy groups -OCH3 is 1. The van der Waals surface area contributed by atoms with Crippen molar-refractivity contribution in [2.75, 3.05) is 33.8 Å². The fraction of sp³-hybridized carbons (Fsp3) is 0.333. The number of hydrogen-bond acceptors (Lipinski definition) is 7. The Morgan fingerprint density at radius 2 is 1.79 bits per heavy atom. The van der Waals surface area contributed by atoms with Gasteiger partial charge in [-0.15, -0.1) is 0 Å². The van der Waals surface area contributed by atoms with Gasteiger partial charge in [-0.2, -0.15) is 0 Å². The number of fused-ring (bicyclic) bond motifs is 5. The van der Waals surface area contributed by atoms with E-state index in [1.807, 2.05) is 42.7 Å². The summed E-state index contributed by atoms with van der Waals surface area (Å²) in [6.07, 6.45) is -3.05. The number of hydroxylamine groups is 1. The standard InChI is InChI=1S/C33H35F3IN5O5/c1-18(2)47-42-29(14-23(36)16-37(42)17-39-33(44)45-4)31(43)40-25-6-8-27-19(11-25)12-28-26-7-5-24(38-3)15-30(26)46-32(41(27)28)20-9-21(34)13-22(35)10-20/h5-13,15,18,23,29,32,38H,14,16-17H2,1-4H3,(H,39,44)(H,40,43). The maximum absolute atomic E-state index is 15.0. The van der Waals surface area contributed by atoms with Crippen molar-refractivity contribution in [1.29, 1.82) is 0 Å². The van der Waals surface area contributed by atoms with Crippen molar-refractivity contribution < 1.29 is 37.1 Å². The Morgan fingerprint density at radius 3 is 2.49 bits per heavy atom. The summed E-state index contributed by atoms with van der Waals surface area (Å²) in [4.78, 5) is 31.5. The second kappa shape index (κ2) is 13.6. The van der Waals surface area contributed by atoms with Crippen LogP contribution in [0.25, 0.3) is 22.2 Å². The summed E-state index contributed by atoms with van der Waals surface area (Å²) in [5.74, 6) is -1.33. The van der Waals surface area contributed by atoms with E-state index in [4.69, 9.17) is 9.57 Å². The molecule has 0 bridgehead atoms. The van der Waals surface area contributed by atoms with Gasteiger partial charge in [-0.3, -0.25) is 0 Å². The van der Waals surface area contributed by atoms with Crippen molar-refractivity contribution in [3.63, 3.8) is 0 Å². The summed E-state index contributed by atoms with van der Waals surface area (Å²) in [5.41, 5.74) is 3.84. The quantitative estimate of drug-likeness (QED) is 0.0769. The Hall–Kier alpha value is -4.02. The predicted octanol–water partition coefficient (Wildman–Crippen LogP) is 6.99. The molecule has 2 aliphatic rings. The molecule has 6 rings (SSSR count). The van der Waals surface area contributed by atoms with Crippen molar-refractivity contribution in [2.45, 2.75) is 44.8 Å². The van der Waals surface area contributed by atoms with Crippen LogP contribution in [0.3, 0.4) is 0 Å². The van der Waals surface area contributed by atoms with Gasteiger partial charge in [0.2, 0.25) is 0 Å². The molecule has 3 N–H and O–H groups in total. The molecule has 250 valence electrons. The first kappa shape index (κ1) is 32.9. The first-order valence-corrected chi connectivity index (χ1v) is 19.0. The van der Waals surface area contributed by atoms with Crippen LogP contribution in [-0.2, 0) is 14.4 Å². The Bertz CT molecular complexity index is 1800. The summed E-state index contributed by atoms with van der Waals surface area (Å²) in [6, 6.07) is 15.3. The Kier molecular flexibility index (Phi) is 9.53. The molecule has 2 aliphatic heterocycles. The third-order valence-corrected chi connectivity index (χ3v) is 13.2. The maximum atomic E-state index is 15.0. The molecule has 1 fully saturated rings. The van der Waals surface area contributed by atoms with Gasteiger partial charge in [-0.1, -0.05) is 0 Å². The van der Waals surface area contributed by atoms with E-state index in [2.05, 4.69) is 20.7 Å². The summed E-state index contributed by atoms with van der Waals surface area (Å²) in [7, 11) is 3.04. The molecule has 10 nitrogen and oxygen atoms in total. The van der Waals surface area contributed by atoms with Crippen LogP contribution >= 0.6 is 20.1 Å². The van der Waals surface area contributed by atoms with Crippen LogP contribution in [0.2, 0.25) is 0 Å². The number of hydrogen-bond donors (Lipinski definition) is 3. The molecule has 4 aromatic rings. The van der Waals surface area contributed by atoms with Gasteiger partial charge in [0.1, 0.15) is 11.6 Å². The minimum absolute atomic E-state index is 0.0534. The average molecular weight is 766 g/mol. The third kappa shape index (κ3) is 6.85. The predicted molar refractivity (Wildman–Crippen MR) is 181 cm³/mol. The van der Waals surface area contributed by atoms with Gasteiger partial charge in [-0.25, -0.2) is 8.78 Å². The number of nitrogens with zero attached hydrogens (tertiary/aromatic N) is 2. The molecule has 3 heterocycles. The number of anilines is 2. The Balaban J connectivity index is 1.34. The van der Waals surface area contributed by atoms with Crippen LogP contribution in [0.5, 0.6) is 5.75 Å². The van der Waals surface area contributed by atoms with E-state index in [1.54, 1.807) is 28.5 Å². The van der Waals surface area contributed by atoms with E-state index in [0.717, 1.165) is 28.4 Å². The summed E-state index contributed by atoms with van der Waals surface area (Å²) >= 11 is -2.50. The number of carbonyl (C=O) groups is 2. The summed E-state index contributed by atoms with van der Waals surface area (Å²) in [6.45, 7) is 3.66. The molecule has 0 aliphatic carbocycles. The van der Waals surface area contributed by atoms with Gasteiger partial charge in [-0.05, 0) is 0 Å². The van der Waals surface area contributed by atoms with Gasteiger partial charge >= 0.3 is 234 Å².